The molecule has 2 N–H and O–H groups in total. The predicted octanol–water partition coefficient (Wildman–Crippen LogP) is 3.93. The second-order valence-corrected chi connectivity index (χ2v) is 7.16. The van der Waals surface area contributed by atoms with Gasteiger partial charge in [0.1, 0.15) is 11.3 Å². The quantitative estimate of drug-likeness (QED) is 0.393. The second-order valence-electron chi connectivity index (χ2n) is 6.20. The zero-order valence-corrected chi connectivity index (χ0v) is 16.1. The maximum Gasteiger partial charge on any atom is 0.336 e. The number of hydrogen-bond donors (Lipinski definition) is 2. The van der Waals surface area contributed by atoms with E-state index in [-0.39, 0.29) is 5.91 Å². The van der Waals surface area contributed by atoms with Gasteiger partial charge in [-0.3, -0.25) is 4.79 Å². The summed E-state index contributed by atoms with van der Waals surface area (Å²) in [5.74, 6) is 1.11. The number of rotatable bonds is 5. The van der Waals surface area contributed by atoms with Gasteiger partial charge in [-0.05, 0) is 29.8 Å². The second kappa shape index (κ2) is 7.40. The van der Waals surface area contributed by atoms with E-state index >= 15 is 0 Å². The molecular weight excluding hydrogens is 378 g/mol. The molecule has 142 valence electrons. The summed E-state index contributed by atoms with van der Waals surface area (Å²) in [4.78, 5) is 31.0. The van der Waals surface area contributed by atoms with Crippen LogP contribution in [0.2, 0.25) is 0 Å². The SMILES string of the molecule is COc1ccc2nc(SCc3cc(=O)oc4cc(NC(C)=O)ccc34)[nH]c2c1. The van der Waals surface area contributed by atoms with E-state index in [2.05, 4.69) is 15.3 Å². The maximum atomic E-state index is 12.0. The van der Waals surface area contributed by atoms with Crippen LogP contribution in [0.15, 0.2) is 56.8 Å². The van der Waals surface area contributed by atoms with E-state index in [1.807, 2.05) is 24.3 Å². The van der Waals surface area contributed by atoms with Crippen LogP contribution in [-0.2, 0) is 10.5 Å². The number of aromatic amines is 1. The van der Waals surface area contributed by atoms with Crippen LogP contribution >= 0.6 is 11.8 Å². The van der Waals surface area contributed by atoms with Gasteiger partial charge in [-0.2, -0.15) is 0 Å². The molecule has 2 aromatic carbocycles. The number of ether oxygens (including phenoxy) is 1. The van der Waals surface area contributed by atoms with Gasteiger partial charge in [0.05, 0.1) is 18.1 Å². The number of imidazole rings is 1. The Balaban J connectivity index is 1.62. The Bertz CT molecular complexity index is 1250. The molecule has 7 nitrogen and oxygen atoms in total. The lowest BCUT2D eigenvalue weighted by Gasteiger charge is -2.07. The Morgan fingerprint density at radius 1 is 1.25 bits per heavy atom. The third kappa shape index (κ3) is 3.72. The van der Waals surface area contributed by atoms with Crippen molar-refractivity contribution in [2.24, 2.45) is 0 Å². The van der Waals surface area contributed by atoms with Crippen molar-refractivity contribution in [1.29, 1.82) is 0 Å². The van der Waals surface area contributed by atoms with Crippen molar-refractivity contribution in [2.75, 3.05) is 12.4 Å². The van der Waals surface area contributed by atoms with E-state index in [0.717, 1.165) is 32.9 Å². The first-order valence-corrected chi connectivity index (χ1v) is 9.51. The maximum absolute atomic E-state index is 12.0. The largest absolute Gasteiger partial charge is 0.497 e. The van der Waals surface area contributed by atoms with Crippen molar-refractivity contribution in [2.45, 2.75) is 17.8 Å². The molecule has 2 aromatic heterocycles. The summed E-state index contributed by atoms with van der Waals surface area (Å²) in [5.41, 5.74) is 3.16. The van der Waals surface area contributed by atoms with Gasteiger partial charge in [0.2, 0.25) is 5.91 Å². The number of carbonyl (C=O) groups excluding carboxylic acids is 1. The van der Waals surface area contributed by atoms with Crippen LogP contribution in [-0.4, -0.2) is 23.0 Å². The van der Waals surface area contributed by atoms with E-state index in [4.69, 9.17) is 9.15 Å². The van der Waals surface area contributed by atoms with E-state index < -0.39 is 5.63 Å². The number of carbonyl (C=O) groups is 1. The topological polar surface area (TPSA) is 97.2 Å². The summed E-state index contributed by atoms with van der Waals surface area (Å²) in [6, 6.07) is 12.4. The first-order valence-electron chi connectivity index (χ1n) is 8.53. The zero-order valence-electron chi connectivity index (χ0n) is 15.2. The Morgan fingerprint density at radius 3 is 2.89 bits per heavy atom. The van der Waals surface area contributed by atoms with Gasteiger partial charge in [-0.15, -0.1) is 0 Å². The summed E-state index contributed by atoms with van der Waals surface area (Å²) < 4.78 is 10.5. The van der Waals surface area contributed by atoms with Crippen molar-refractivity contribution in [3.8, 4) is 5.75 Å². The van der Waals surface area contributed by atoms with Crippen molar-refractivity contribution in [3.63, 3.8) is 0 Å². The lowest BCUT2D eigenvalue weighted by molar-refractivity contribution is -0.114. The fraction of sp³-hybridized carbons (Fsp3) is 0.150. The minimum absolute atomic E-state index is 0.185. The van der Waals surface area contributed by atoms with Crippen LogP contribution in [0.4, 0.5) is 5.69 Å². The highest BCUT2D eigenvalue weighted by atomic mass is 32.2. The number of amides is 1. The number of thioether (sulfide) groups is 1. The minimum Gasteiger partial charge on any atom is -0.497 e. The lowest BCUT2D eigenvalue weighted by atomic mass is 10.1. The van der Waals surface area contributed by atoms with E-state index in [1.54, 1.807) is 19.2 Å². The number of benzene rings is 2. The zero-order chi connectivity index (χ0) is 19.7. The van der Waals surface area contributed by atoms with Gasteiger partial charge in [0.25, 0.3) is 0 Å². The molecule has 1 amide bonds. The van der Waals surface area contributed by atoms with Crippen LogP contribution in [0.25, 0.3) is 22.0 Å². The first kappa shape index (κ1) is 18.1. The number of fused-ring (bicyclic) bond motifs is 2. The average Bonchev–Trinajstić information content (AvgIpc) is 3.07. The van der Waals surface area contributed by atoms with Crippen LogP contribution in [0.5, 0.6) is 5.75 Å². The Labute approximate surface area is 164 Å². The molecule has 0 aliphatic rings. The number of hydrogen-bond acceptors (Lipinski definition) is 6. The van der Waals surface area contributed by atoms with Crippen LogP contribution in [0, 0.1) is 0 Å². The first-order chi connectivity index (χ1) is 13.5. The average molecular weight is 395 g/mol. The Hall–Kier alpha value is -3.26. The normalized spacial score (nSPS) is 11.1. The molecule has 0 spiro atoms. The molecule has 0 bridgehead atoms. The summed E-state index contributed by atoms with van der Waals surface area (Å²) in [7, 11) is 1.62. The summed E-state index contributed by atoms with van der Waals surface area (Å²) in [5, 5.41) is 4.25. The molecule has 8 heteroatoms. The van der Waals surface area contributed by atoms with Gasteiger partial charge in [-0.25, -0.2) is 9.78 Å². The molecule has 0 fully saturated rings. The van der Waals surface area contributed by atoms with Gasteiger partial charge in [-0.1, -0.05) is 11.8 Å². The van der Waals surface area contributed by atoms with Crippen molar-refractivity contribution < 1.29 is 13.9 Å². The number of aromatic nitrogens is 2. The predicted molar refractivity (Wildman–Crippen MR) is 109 cm³/mol. The number of nitrogens with one attached hydrogen (secondary N) is 2. The number of H-pyrrole nitrogens is 1. The molecule has 0 aliphatic carbocycles. The van der Waals surface area contributed by atoms with Crippen LogP contribution in [0.1, 0.15) is 12.5 Å². The summed E-state index contributed by atoms with van der Waals surface area (Å²) in [6.07, 6.45) is 0. The molecule has 0 saturated heterocycles. The fourth-order valence-electron chi connectivity index (χ4n) is 2.94. The standard InChI is InChI=1S/C20H17N3O4S/c1-11(24)21-13-3-5-15-12(7-19(25)27-18(15)8-13)10-28-20-22-16-6-4-14(26-2)9-17(16)23-20/h3-9H,10H2,1-2H3,(H,21,24)(H,22,23). The Morgan fingerprint density at radius 2 is 2.11 bits per heavy atom. The van der Waals surface area contributed by atoms with Crippen molar-refractivity contribution >= 4 is 45.4 Å². The highest BCUT2D eigenvalue weighted by Crippen LogP contribution is 2.28. The molecule has 4 rings (SSSR count). The molecule has 28 heavy (non-hydrogen) atoms. The van der Waals surface area contributed by atoms with Crippen molar-refractivity contribution in [3.05, 3.63) is 58.4 Å². The number of anilines is 1. The van der Waals surface area contributed by atoms with Crippen molar-refractivity contribution in [1.82, 2.24) is 9.97 Å². The third-order valence-corrected chi connectivity index (χ3v) is 5.10. The highest BCUT2D eigenvalue weighted by molar-refractivity contribution is 7.98. The van der Waals surface area contributed by atoms with Crippen LogP contribution in [0.3, 0.4) is 0 Å². The molecule has 4 aromatic rings. The van der Waals surface area contributed by atoms with E-state index in [1.165, 1.54) is 24.8 Å². The molecule has 0 saturated carbocycles. The molecule has 0 atom stereocenters. The molecule has 2 heterocycles. The number of methoxy groups -OCH3 is 1. The Kier molecular flexibility index (Phi) is 4.79. The smallest absolute Gasteiger partial charge is 0.336 e. The molecule has 0 aliphatic heterocycles. The highest BCUT2D eigenvalue weighted by Gasteiger charge is 2.10. The van der Waals surface area contributed by atoms with Crippen LogP contribution < -0.4 is 15.7 Å². The lowest BCUT2D eigenvalue weighted by Crippen LogP contribution is -2.06. The molecular formula is C20H17N3O4S. The number of nitrogens with zero attached hydrogens (tertiary/aromatic N) is 1. The van der Waals surface area contributed by atoms with E-state index in [0.29, 0.717) is 17.0 Å². The summed E-state index contributed by atoms with van der Waals surface area (Å²) >= 11 is 1.49. The molecule has 0 unspecified atom stereocenters. The van der Waals surface area contributed by atoms with Gasteiger partial charge in [0, 0.05) is 41.9 Å². The monoisotopic (exact) mass is 395 g/mol. The third-order valence-electron chi connectivity index (χ3n) is 4.18. The fourth-order valence-corrected chi connectivity index (χ4v) is 3.81. The molecule has 0 radical (unpaired) electrons. The van der Waals surface area contributed by atoms with Gasteiger partial charge in [0.15, 0.2) is 5.16 Å². The minimum atomic E-state index is -0.433. The van der Waals surface area contributed by atoms with Gasteiger partial charge < -0.3 is 19.5 Å². The van der Waals surface area contributed by atoms with Gasteiger partial charge >= 0.3 is 5.63 Å². The van der Waals surface area contributed by atoms with E-state index in [9.17, 15) is 9.59 Å². The summed E-state index contributed by atoms with van der Waals surface area (Å²) in [6.45, 7) is 1.43.